The number of rotatable bonds is 4. The van der Waals surface area contributed by atoms with Gasteiger partial charge in [0.1, 0.15) is 0 Å². The molecule has 8 nitrogen and oxygen atoms in total. The molecule has 4 saturated heterocycles. The summed E-state index contributed by atoms with van der Waals surface area (Å²) >= 11 is -0.291. The summed E-state index contributed by atoms with van der Waals surface area (Å²) in [4.78, 5) is 0. The van der Waals surface area contributed by atoms with Crippen LogP contribution in [0.2, 0.25) is 0 Å². The molecule has 4 fully saturated rings. The minimum absolute atomic E-state index is 0.291. The molecule has 1 aromatic rings. The molecule has 5 heterocycles. The second-order valence-corrected chi connectivity index (χ2v) is 18.3. The van der Waals surface area contributed by atoms with Crippen LogP contribution in [-0.4, -0.2) is 87.8 Å². The Morgan fingerprint density at radius 3 is 0.683 bits per heavy atom. The standard InChI is InChI=1S/C28H48B4O8Se/c1-21(2)22(3,4)34-29(33-21)17-18(30-35-23(5,6)24(7,8)36-30)20(32-39-27(13,14)28(15,16)40-32)41-19(17)31-37-25(9,10)26(11,12)38-31/h1-16H3. The van der Waals surface area contributed by atoms with Crippen LogP contribution in [0.15, 0.2) is 0 Å². The molecule has 0 atom stereocenters. The van der Waals surface area contributed by atoms with Gasteiger partial charge in [0, 0.05) is 0 Å². The summed E-state index contributed by atoms with van der Waals surface area (Å²) < 4.78 is 55.5. The van der Waals surface area contributed by atoms with Crippen LogP contribution in [0.5, 0.6) is 0 Å². The minimum atomic E-state index is -0.676. The first-order valence-corrected chi connectivity index (χ1v) is 16.5. The van der Waals surface area contributed by atoms with Gasteiger partial charge in [0.15, 0.2) is 0 Å². The average molecular weight is 635 g/mol. The van der Waals surface area contributed by atoms with E-state index in [1.165, 1.54) is 0 Å². The molecule has 0 saturated carbocycles. The van der Waals surface area contributed by atoms with Crippen LogP contribution in [-0.2, 0) is 37.2 Å². The molecule has 0 unspecified atom stereocenters. The van der Waals surface area contributed by atoms with Crippen LogP contribution >= 0.6 is 0 Å². The summed E-state index contributed by atoms with van der Waals surface area (Å²) in [5, 5.41) is 0. The zero-order valence-electron chi connectivity index (χ0n) is 28.0. The summed E-state index contributed by atoms with van der Waals surface area (Å²) in [7, 11) is -2.53. The van der Waals surface area contributed by atoms with Gasteiger partial charge in [0.2, 0.25) is 0 Å². The Labute approximate surface area is 254 Å². The van der Waals surface area contributed by atoms with E-state index in [2.05, 4.69) is 111 Å². The maximum atomic E-state index is 6.72. The van der Waals surface area contributed by atoms with E-state index in [0.29, 0.717) is 0 Å². The molecule has 0 aromatic carbocycles. The van der Waals surface area contributed by atoms with Crippen molar-refractivity contribution in [2.24, 2.45) is 0 Å². The van der Waals surface area contributed by atoms with Gasteiger partial charge < -0.3 is 0 Å². The third-order valence-corrected chi connectivity index (χ3v) is 13.6. The van der Waals surface area contributed by atoms with Gasteiger partial charge in [-0.2, -0.15) is 0 Å². The summed E-state index contributed by atoms with van der Waals surface area (Å²) in [6.07, 6.45) is 0. The molecule has 0 bridgehead atoms. The van der Waals surface area contributed by atoms with Crippen molar-refractivity contribution in [1.29, 1.82) is 0 Å². The first kappa shape index (κ1) is 32.3. The SMILES string of the molecule is CC1(C)OB(c2[se]c(B3OC(C)(C)C(C)(C)O3)c(B3OC(C)(C)C(C)(C)O3)c2B2OC(C)(C)C(C)(C)O2)OC1(C)C. The van der Waals surface area contributed by atoms with Crippen LogP contribution in [0.25, 0.3) is 0 Å². The fourth-order valence-corrected chi connectivity index (χ4v) is 7.78. The van der Waals surface area contributed by atoms with E-state index < -0.39 is 73.3 Å². The summed E-state index contributed by atoms with van der Waals surface area (Å²) in [5.41, 5.74) is -2.52. The number of hydrogen-bond acceptors (Lipinski definition) is 8. The average Bonchev–Trinajstić information content (AvgIpc) is 3.43. The van der Waals surface area contributed by atoms with E-state index in [1.54, 1.807) is 0 Å². The molecule has 1 aromatic heterocycles. The molecule has 5 rings (SSSR count). The predicted molar refractivity (Wildman–Crippen MR) is 166 cm³/mol. The van der Waals surface area contributed by atoms with Crippen LogP contribution in [0.3, 0.4) is 0 Å². The van der Waals surface area contributed by atoms with E-state index in [-0.39, 0.29) is 14.5 Å². The van der Waals surface area contributed by atoms with Crippen molar-refractivity contribution in [3.8, 4) is 0 Å². The van der Waals surface area contributed by atoms with Gasteiger partial charge in [-0.15, -0.1) is 0 Å². The topological polar surface area (TPSA) is 73.8 Å². The van der Waals surface area contributed by atoms with Gasteiger partial charge in [-0.3, -0.25) is 0 Å². The predicted octanol–water partition coefficient (Wildman–Crippen LogP) is 1.94. The fraction of sp³-hybridized carbons (Fsp3) is 0.857. The second kappa shape index (κ2) is 9.24. The van der Waals surface area contributed by atoms with Crippen LogP contribution in [0.1, 0.15) is 111 Å². The van der Waals surface area contributed by atoms with E-state index in [0.717, 1.165) is 19.6 Å². The van der Waals surface area contributed by atoms with Crippen molar-refractivity contribution < 1.29 is 37.2 Å². The molecule has 0 N–H and O–H groups in total. The van der Waals surface area contributed by atoms with E-state index in [9.17, 15) is 0 Å². The first-order chi connectivity index (χ1) is 18.2. The van der Waals surface area contributed by atoms with E-state index in [4.69, 9.17) is 37.2 Å². The van der Waals surface area contributed by atoms with Crippen LogP contribution < -0.4 is 19.6 Å². The van der Waals surface area contributed by atoms with Gasteiger partial charge in [0.05, 0.1) is 0 Å². The van der Waals surface area contributed by atoms with E-state index >= 15 is 0 Å². The van der Waals surface area contributed by atoms with Gasteiger partial charge >= 0.3 is 255 Å². The van der Waals surface area contributed by atoms with Crippen LogP contribution in [0.4, 0.5) is 0 Å². The molecule has 4 aliphatic rings. The van der Waals surface area contributed by atoms with Crippen molar-refractivity contribution in [3.63, 3.8) is 0 Å². The Morgan fingerprint density at radius 2 is 0.488 bits per heavy atom. The monoisotopic (exact) mass is 636 g/mol. The third-order valence-electron chi connectivity index (χ3n) is 11.0. The molecule has 0 spiro atoms. The van der Waals surface area contributed by atoms with Crippen molar-refractivity contribution in [3.05, 3.63) is 0 Å². The van der Waals surface area contributed by atoms with Crippen molar-refractivity contribution in [1.82, 2.24) is 0 Å². The molecule has 4 aliphatic heterocycles. The van der Waals surface area contributed by atoms with Crippen molar-refractivity contribution in [2.75, 3.05) is 0 Å². The van der Waals surface area contributed by atoms with Gasteiger partial charge in [-0.25, -0.2) is 0 Å². The quantitative estimate of drug-likeness (QED) is 0.466. The Kier molecular flexibility index (Phi) is 7.29. The molecular weight excluding hydrogens is 587 g/mol. The molecule has 0 amide bonds. The molecule has 0 radical (unpaired) electrons. The Balaban J connectivity index is 1.74. The van der Waals surface area contributed by atoms with Gasteiger partial charge in [0.25, 0.3) is 0 Å². The Bertz CT molecular complexity index is 1070. The third kappa shape index (κ3) is 4.93. The summed E-state index contributed by atoms with van der Waals surface area (Å²) in [5.74, 6) is 0. The first-order valence-electron chi connectivity index (χ1n) is 14.8. The van der Waals surface area contributed by atoms with Gasteiger partial charge in [-0.05, 0) is 0 Å². The normalized spacial score (nSPS) is 30.0. The Morgan fingerprint density at radius 1 is 0.317 bits per heavy atom. The Hall–Kier alpha value is -0.0608. The van der Waals surface area contributed by atoms with E-state index in [1.807, 2.05) is 0 Å². The zero-order chi connectivity index (χ0) is 31.0. The zero-order valence-corrected chi connectivity index (χ0v) is 29.7. The summed E-state index contributed by atoms with van der Waals surface area (Å²) in [6, 6.07) is 0. The van der Waals surface area contributed by atoms with Gasteiger partial charge in [-0.1, -0.05) is 0 Å². The molecule has 226 valence electrons. The van der Waals surface area contributed by atoms with Crippen molar-refractivity contribution >= 4 is 62.6 Å². The fourth-order valence-electron chi connectivity index (χ4n) is 5.15. The van der Waals surface area contributed by atoms with Crippen LogP contribution in [0, 0.1) is 0 Å². The second-order valence-electron chi connectivity index (χ2n) is 16.0. The van der Waals surface area contributed by atoms with Crippen molar-refractivity contribution in [2.45, 2.75) is 156 Å². The molecular formula is C28H48B4O8Se. The maximum absolute atomic E-state index is 6.72. The number of hydrogen-bond donors (Lipinski definition) is 0. The molecule has 41 heavy (non-hydrogen) atoms. The molecule has 13 heteroatoms. The summed E-state index contributed by atoms with van der Waals surface area (Å²) in [6.45, 7) is 33.1. The molecule has 0 aliphatic carbocycles.